The number of nitrogens with zero attached hydrogens (tertiary/aromatic N) is 1. The Balaban J connectivity index is 1.53. The van der Waals surface area contributed by atoms with E-state index in [-0.39, 0.29) is 12.0 Å². The molecule has 3 nitrogen and oxygen atoms in total. The second-order valence-electron chi connectivity index (χ2n) is 5.29. The first-order valence-corrected chi connectivity index (χ1v) is 6.49. The zero-order valence-corrected chi connectivity index (χ0v) is 9.84. The van der Waals surface area contributed by atoms with Gasteiger partial charge in [-0.2, -0.15) is 0 Å². The maximum atomic E-state index is 5.99. The first kappa shape index (κ1) is 10.1. The molecule has 0 aromatic heterocycles. The van der Waals surface area contributed by atoms with E-state index in [2.05, 4.69) is 29.2 Å². The normalized spacial score (nSPS) is 39.8. The van der Waals surface area contributed by atoms with Crippen molar-refractivity contribution in [2.75, 3.05) is 13.2 Å². The summed E-state index contributed by atoms with van der Waals surface area (Å²) in [5, 5.41) is 0. The number of hydrogen-bond acceptors (Lipinski definition) is 3. The maximum Gasteiger partial charge on any atom is 0.215 e. The number of epoxide rings is 1. The van der Waals surface area contributed by atoms with Gasteiger partial charge in [-0.05, 0) is 18.4 Å². The third kappa shape index (κ3) is 1.53. The molecule has 3 aliphatic heterocycles. The Morgan fingerprint density at radius 2 is 2.18 bits per heavy atom. The van der Waals surface area contributed by atoms with E-state index in [0.717, 1.165) is 13.0 Å². The largest absolute Gasteiger partial charge is 0.344 e. The van der Waals surface area contributed by atoms with E-state index >= 15 is 0 Å². The van der Waals surface area contributed by atoms with Crippen molar-refractivity contribution in [3.05, 3.63) is 35.9 Å². The second-order valence-corrected chi connectivity index (χ2v) is 5.29. The molecule has 17 heavy (non-hydrogen) atoms. The standard InChI is InChI=1S/C14H17NO2/c1-2-5-11(6-3-1)9-14-13(17-14)15-8-4-7-12(15)10-16-14/h1-3,5-6,12-13H,4,7-10H2/t12-,13-,14+/m0/s1. The molecule has 3 heteroatoms. The minimum atomic E-state index is -0.331. The lowest BCUT2D eigenvalue weighted by Gasteiger charge is -2.30. The molecule has 0 aliphatic carbocycles. The van der Waals surface area contributed by atoms with Crippen molar-refractivity contribution in [3.63, 3.8) is 0 Å². The molecule has 3 aliphatic rings. The molecule has 0 spiro atoms. The summed E-state index contributed by atoms with van der Waals surface area (Å²) in [5.41, 5.74) is 1.30. The Morgan fingerprint density at radius 3 is 3.06 bits per heavy atom. The van der Waals surface area contributed by atoms with Crippen LogP contribution in [0.25, 0.3) is 0 Å². The monoisotopic (exact) mass is 231 g/mol. The predicted octanol–water partition coefficient (Wildman–Crippen LogP) is 1.78. The summed E-state index contributed by atoms with van der Waals surface area (Å²) in [6.07, 6.45) is 3.64. The lowest BCUT2D eigenvalue weighted by Crippen LogP contribution is -2.46. The average molecular weight is 231 g/mol. The van der Waals surface area contributed by atoms with Gasteiger partial charge in [-0.3, -0.25) is 4.90 Å². The van der Waals surface area contributed by atoms with Crippen LogP contribution in [0, 0.1) is 0 Å². The maximum absolute atomic E-state index is 5.99. The van der Waals surface area contributed by atoms with Crippen LogP contribution in [0.4, 0.5) is 0 Å². The highest BCUT2D eigenvalue weighted by atomic mass is 16.8. The summed E-state index contributed by atoms with van der Waals surface area (Å²) < 4.78 is 11.9. The number of fused-ring (bicyclic) bond motifs is 3. The molecular formula is C14H17NO2. The molecule has 0 radical (unpaired) electrons. The van der Waals surface area contributed by atoms with Crippen LogP contribution in [0.1, 0.15) is 18.4 Å². The van der Waals surface area contributed by atoms with E-state index < -0.39 is 0 Å². The van der Waals surface area contributed by atoms with Gasteiger partial charge in [-0.1, -0.05) is 30.3 Å². The van der Waals surface area contributed by atoms with Crippen molar-refractivity contribution >= 4 is 0 Å². The third-order valence-electron chi connectivity index (χ3n) is 4.17. The predicted molar refractivity (Wildman–Crippen MR) is 63.4 cm³/mol. The molecule has 3 saturated heterocycles. The molecule has 1 aromatic rings. The molecule has 0 bridgehead atoms. The van der Waals surface area contributed by atoms with Gasteiger partial charge in [0, 0.05) is 19.0 Å². The molecule has 1 aromatic carbocycles. The van der Waals surface area contributed by atoms with Gasteiger partial charge in [0.25, 0.3) is 0 Å². The summed E-state index contributed by atoms with van der Waals surface area (Å²) >= 11 is 0. The van der Waals surface area contributed by atoms with Gasteiger partial charge in [0.05, 0.1) is 6.61 Å². The van der Waals surface area contributed by atoms with Crippen LogP contribution < -0.4 is 0 Å². The van der Waals surface area contributed by atoms with Gasteiger partial charge in [0.15, 0.2) is 6.23 Å². The van der Waals surface area contributed by atoms with Gasteiger partial charge in [0.2, 0.25) is 5.79 Å². The topological polar surface area (TPSA) is 25.0 Å². The van der Waals surface area contributed by atoms with E-state index in [1.54, 1.807) is 0 Å². The van der Waals surface area contributed by atoms with Gasteiger partial charge in [-0.25, -0.2) is 0 Å². The number of hydrogen-bond donors (Lipinski definition) is 0. The third-order valence-corrected chi connectivity index (χ3v) is 4.17. The molecule has 3 fully saturated rings. The molecule has 4 rings (SSSR count). The van der Waals surface area contributed by atoms with Crippen LogP contribution in [-0.2, 0) is 15.9 Å². The minimum absolute atomic E-state index is 0.212. The van der Waals surface area contributed by atoms with E-state index in [1.807, 2.05) is 6.07 Å². The summed E-state index contributed by atoms with van der Waals surface area (Å²) in [4.78, 5) is 2.49. The van der Waals surface area contributed by atoms with Gasteiger partial charge in [0.1, 0.15) is 0 Å². The molecule has 0 amide bonds. The van der Waals surface area contributed by atoms with Crippen molar-refractivity contribution in [2.45, 2.75) is 37.3 Å². The zero-order chi connectivity index (χ0) is 11.3. The molecule has 90 valence electrons. The van der Waals surface area contributed by atoms with Crippen LogP contribution >= 0.6 is 0 Å². The molecule has 0 saturated carbocycles. The second kappa shape index (κ2) is 3.55. The molecule has 3 heterocycles. The number of benzene rings is 1. The fourth-order valence-corrected chi connectivity index (χ4v) is 3.22. The highest BCUT2D eigenvalue weighted by molar-refractivity contribution is 5.19. The molecule has 3 atom stereocenters. The Hall–Kier alpha value is -0.900. The van der Waals surface area contributed by atoms with Crippen LogP contribution in [0.3, 0.4) is 0 Å². The Labute approximate surface area is 101 Å². The van der Waals surface area contributed by atoms with Crippen LogP contribution in [-0.4, -0.2) is 36.1 Å². The van der Waals surface area contributed by atoms with E-state index in [0.29, 0.717) is 6.04 Å². The van der Waals surface area contributed by atoms with E-state index in [1.165, 1.54) is 24.9 Å². The first-order valence-electron chi connectivity index (χ1n) is 6.49. The number of ether oxygens (including phenoxy) is 2. The Kier molecular flexibility index (Phi) is 2.10. The minimum Gasteiger partial charge on any atom is -0.344 e. The van der Waals surface area contributed by atoms with Gasteiger partial charge >= 0.3 is 0 Å². The van der Waals surface area contributed by atoms with E-state index in [4.69, 9.17) is 9.47 Å². The summed E-state index contributed by atoms with van der Waals surface area (Å²) in [5.74, 6) is -0.331. The molecule has 0 unspecified atom stereocenters. The van der Waals surface area contributed by atoms with Crippen molar-refractivity contribution in [1.82, 2.24) is 4.90 Å². The van der Waals surface area contributed by atoms with E-state index in [9.17, 15) is 0 Å². The Morgan fingerprint density at radius 1 is 1.29 bits per heavy atom. The SMILES string of the molecule is c1ccc(C[C@]23OC[C@@H]4CCCN4[C@H]2O3)cc1. The summed E-state index contributed by atoms with van der Waals surface area (Å²) in [7, 11) is 0. The average Bonchev–Trinajstić information content (AvgIpc) is 2.88. The smallest absolute Gasteiger partial charge is 0.215 e. The highest BCUT2D eigenvalue weighted by Gasteiger charge is 2.65. The van der Waals surface area contributed by atoms with Crippen molar-refractivity contribution in [2.24, 2.45) is 0 Å². The van der Waals surface area contributed by atoms with Crippen LogP contribution in [0.15, 0.2) is 30.3 Å². The fraction of sp³-hybridized carbons (Fsp3) is 0.571. The molecule has 0 N–H and O–H groups in total. The lowest BCUT2D eigenvalue weighted by molar-refractivity contribution is -0.0788. The number of rotatable bonds is 2. The van der Waals surface area contributed by atoms with Crippen LogP contribution in [0.5, 0.6) is 0 Å². The summed E-state index contributed by atoms with van der Waals surface area (Å²) in [6, 6.07) is 11.1. The zero-order valence-electron chi connectivity index (χ0n) is 9.84. The van der Waals surface area contributed by atoms with Gasteiger partial charge in [-0.15, -0.1) is 0 Å². The summed E-state index contributed by atoms with van der Waals surface area (Å²) in [6.45, 7) is 2.01. The molecular weight excluding hydrogens is 214 g/mol. The Bertz CT molecular complexity index is 421. The van der Waals surface area contributed by atoms with Gasteiger partial charge < -0.3 is 9.47 Å². The first-order chi connectivity index (χ1) is 8.37. The lowest BCUT2D eigenvalue weighted by atomic mass is 10.1. The van der Waals surface area contributed by atoms with Crippen molar-refractivity contribution in [3.8, 4) is 0 Å². The fourth-order valence-electron chi connectivity index (χ4n) is 3.22. The quantitative estimate of drug-likeness (QED) is 0.725. The highest BCUT2D eigenvalue weighted by Crippen LogP contribution is 2.48. The van der Waals surface area contributed by atoms with Crippen molar-refractivity contribution in [1.29, 1.82) is 0 Å². The van der Waals surface area contributed by atoms with Crippen molar-refractivity contribution < 1.29 is 9.47 Å². The van der Waals surface area contributed by atoms with Crippen LogP contribution in [0.2, 0.25) is 0 Å². The number of morpholine rings is 1.